The predicted molar refractivity (Wildman–Crippen MR) is 100 cm³/mol. The molecule has 0 saturated heterocycles. The van der Waals surface area contributed by atoms with Gasteiger partial charge in [-0.05, 0) is 0 Å². The summed E-state index contributed by atoms with van der Waals surface area (Å²) in [6.45, 7) is 13.4. The first-order valence-corrected chi connectivity index (χ1v) is 9.17. The molecule has 0 amide bonds. The van der Waals surface area contributed by atoms with Gasteiger partial charge in [0.25, 0.3) is 0 Å². The minimum Gasteiger partial charge on any atom is -1.00 e. The van der Waals surface area contributed by atoms with Crippen LogP contribution >= 0.6 is 0 Å². The summed E-state index contributed by atoms with van der Waals surface area (Å²) in [5.74, 6) is 0. The van der Waals surface area contributed by atoms with Crippen LogP contribution in [-0.4, -0.2) is 0 Å². The number of rotatable bonds is 6. The van der Waals surface area contributed by atoms with E-state index in [0.29, 0.717) is 0 Å². The Hall–Kier alpha value is 0.163. The van der Waals surface area contributed by atoms with Crippen molar-refractivity contribution < 1.29 is 51.0 Å². The third kappa shape index (κ3) is 9.08. The van der Waals surface area contributed by atoms with Gasteiger partial charge in [0.2, 0.25) is 0 Å². The molecule has 0 heterocycles. The van der Waals surface area contributed by atoms with Crippen molar-refractivity contribution in [2.24, 2.45) is 0 Å². The van der Waals surface area contributed by atoms with Gasteiger partial charge in [-0.25, -0.2) is 12.1 Å². The van der Waals surface area contributed by atoms with Crippen LogP contribution in [0, 0.1) is 0 Å². The van der Waals surface area contributed by atoms with Gasteiger partial charge in [-0.2, -0.15) is 45.5 Å². The average molecular weight is 461 g/mol. The molecule has 0 aromatic heterocycles. The Morgan fingerprint density at radius 1 is 0.600 bits per heavy atom. The molecule has 2 rings (SSSR count). The molecule has 0 aliphatic carbocycles. The zero-order valence-electron chi connectivity index (χ0n) is 16.8. The van der Waals surface area contributed by atoms with E-state index in [1.165, 1.54) is 49.7 Å². The van der Waals surface area contributed by atoms with Crippen LogP contribution < -0.4 is 24.8 Å². The van der Waals surface area contributed by atoms with Gasteiger partial charge in [0, 0.05) is 0 Å². The number of hydrogen-bond acceptors (Lipinski definition) is 0. The molecule has 2 aromatic carbocycles. The van der Waals surface area contributed by atoms with Crippen LogP contribution in [0.2, 0.25) is 0 Å². The fourth-order valence-corrected chi connectivity index (χ4v) is 3.07. The fraction of sp³-hybridized carbons (Fsp3) is 0.545. The minimum absolute atomic E-state index is 0. The molecule has 0 bridgehead atoms. The standard InChI is InChI=1S/2C11H17.2ClH.Zr/c2*1-4-9-7-10(5-2)11(6-3)8-9;;;/h2*7-8H,4-6H2,1-3H3;2*1H;/q2*-1;;;+4/p-2. The summed E-state index contributed by atoms with van der Waals surface area (Å²) in [6, 6.07) is 9.38. The van der Waals surface area contributed by atoms with E-state index in [9.17, 15) is 0 Å². The van der Waals surface area contributed by atoms with Crippen LogP contribution in [0.15, 0.2) is 24.3 Å². The first-order chi connectivity index (χ1) is 10.6. The second-order valence-corrected chi connectivity index (χ2v) is 5.95. The van der Waals surface area contributed by atoms with Gasteiger partial charge in [0.15, 0.2) is 0 Å². The zero-order valence-corrected chi connectivity index (χ0v) is 20.8. The molecular formula is C22H34Cl2Zr. The first kappa shape index (κ1) is 29.9. The third-order valence-corrected chi connectivity index (χ3v) is 4.60. The maximum atomic E-state index is 2.35. The van der Waals surface area contributed by atoms with E-state index in [0.717, 1.165) is 0 Å². The zero-order chi connectivity index (χ0) is 16.5. The summed E-state index contributed by atoms with van der Waals surface area (Å²) in [5, 5.41) is 0. The van der Waals surface area contributed by atoms with E-state index >= 15 is 0 Å². The summed E-state index contributed by atoms with van der Waals surface area (Å²) in [5.41, 5.74) is 9.18. The van der Waals surface area contributed by atoms with Gasteiger partial charge in [-0.15, -0.1) is 0 Å². The van der Waals surface area contributed by atoms with E-state index < -0.39 is 0 Å². The van der Waals surface area contributed by atoms with Crippen molar-refractivity contribution in [3.8, 4) is 0 Å². The number of halogens is 2. The van der Waals surface area contributed by atoms with Gasteiger partial charge in [0.1, 0.15) is 0 Å². The Bertz CT molecular complexity index is 459. The maximum Gasteiger partial charge on any atom is 4.00 e. The SMILES string of the molecule is CCc1cc(CC)[c-](CC)c1.CCc1cc(CC)[c-](CC)c1.[Cl-].[Cl-].[Zr+4]. The van der Waals surface area contributed by atoms with Crippen LogP contribution in [0.3, 0.4) is 0 Å². The summed E-state index contributed by atoms with van der Waals surface area (Å²) in [4.78, 5) is 0. The molecule has 0 aliphatic rings. The normalized spacial score (nSPS) is 9.20. The second kappa shape index (κ2) is 16.3. The molecule has 0 unspecified atom stereocenters. The quantitative estimate of drug-likeness (QED) is 0.540. The molecule has 0 aliphatic heterocycles. The van der Waals surface area contributed by atoms with Gasteiger partial charge < -0.3 is 24.8 Å². The van der Waals surface area contributed by atoms with E-state index in [1.54, 1.807) is 22.3 Å². The van der Waals surface area contributed by atoms with E-state index in [4.69, 9.17) is 0 Å². The van der Waals surface area contributed by atoms with Crippen LogP contribution in [0.25, 0.3) is 0 Å². The van der Waals surface area contributed by atoms with Crippen molar-refractivity contribution in [2.75, 3.05) is 0 Å². The minimum atomic E-state index is 0. The van der Waals surface area contributed by atoms with Crippen molar-refractivity contribution in [1.29, 1.82) is 0 Å². The van der Waals surface area contributed by atoms with Crippen molar-refractivity contribution >= 4 is 0 Å². The molecular weight excluding hydrogens is 426 g/mol. The molecule has 25 heavy (non-hydrogen) atoms. The fourth-order valence-electron chi connectivity index (χ4n) is 3.07. The van der Waals surface area contributed by atoms with Crippen LogP contribution in [0.4, 0.5) is 0 Å². The molecule has 3 heteroatoms. The largest absolute Gasteiger partial charge is 4.00 e. The molecule has 2 aromatic rings. The summed E-state index contributed by atoms with van der Waals surface area (Å²) < 4.78 is 0. The molecule has 140 valence electrons. The van der Waals surface area contributed by atoms with Gasteiger partial charge in [0.05, 0.1) is 0 Å². The Morgan fingerprint density at radius 2 is 0.920 bits per heavy atom. The Morgan fingerprint density at radius 3 is 1.08 bits per heavy atom. The third-order valence-electron chi connectivity index (χ3n) is 4.60. The molecule has 0 saturated carbocycles. The molecule has 0 atom stereocenters. The van der Waals surface area contributed by atoms with E-state index in [1.807, 2.05) is 0 Å². The summed E-state index contributed by atoms with van der Waals surface area (Å²) in [7, 11) is 0. The number of aryl methyl sites for hydroxylation is 6. The monoisotopic (exact) mass is 458 g/mol. The van der Waals surface area contributed by atoms with Crippen molar-refractivity contribution in [3.05, 3.63) is 57.6 Å². The molecule has 0 N–H and O–H groups in total. The predicted octanol–water partition coefficient (Wildman–Crippen LogP) is 0.191. The summed E-state index contributed by atoms with van der Waals surface area (Å²) >= 11 is 0. The maximum absolute atomic E-state index is 2.35. The Balaban J connectivity index is -0.000000346. The van der Waals surface area contributed by atoms with Crippen molar-refractivity contribution in [1.82, 2.24) is 0 Å². The first-order valence-electron chi connectivity index (χ1n) is 9.17. The topological polar surface area (TPSA) is 0 Å². The van der Waals surface area contributed by atoms with Gasteiger partial charge in [-0.1, -0.05) is 80.1 Å². The van der Waals surface area contributed by atoms with Gasteiger partial charge >= 0.3 is 26.2 Å². The summed E-state index contributed by atoms with van der Waals surface area (Å²) in [6.07, 6.45) is 7.08. The van der Waals surface area contributed by atoms with Crippen LogP contribution in [0.1, 0.15) is 74.9 Å². The smallest absolute Gasteiger partial charge is 1.00 e. The Labute approximate surface area is 187 Å². The number of hydrogen-bond donors (Lipinski definition) is 0. The van der Waals surface area contributed by atoms with Gasteiger partial charge in [-0.3, -0.25) is 0 Å². The molecule has 0 radical (unpaired) electrons. The van der Waals surface area contributed by atoms with Crippen molar-refractivity contribution in [2.45, 2.75) is 80.1 Å². The van der Waals surface area contributed by atoms with Crippen LogP contribution in [0.5, 0.6) is 0 Å². The van der Waals surface area contributed by atoms with E-state index in [-0.39, 0.29) is 51.0 Å². The molecule has 0 nitrogen and oxygen atoms in total. The molecule has 0 fully saturated rings. The second-order valence-electron chi connectivity index (χ2n) is 5.95. The van der Waals surface area contributed by atoms with Crippen LogP contribution in [-0.2, 0) is 64.7 Å². The Kier molecular flexibility index (Phi) is 19.6. The van der Waals surface area contributed by atoms with Crippen molar-refractivity contribution in [3.63, 3.8) is 0 Å². The van der Waals surface area contributed by atoms with E-state index in [2.05, 4.69) is 65.8 Å². The molecule has 0 spiro atoms. The average Bonchev–Trinajstić information content (AvgIpc) is 3.17.